The number of carbonyl (C=O) groups excluding carboxylic acids is 2. The highest BCUT2D eigenvalue weighted by Crippen LogP contribution is 2.31. The maximum Gasteiger partial charge on any atom is 0.261 e. The lowest BCUT2D eigenvalue weighted by molar-refractivity contribution is 0.0955. The van der Waals surface area contributed by atoms with Gasteiger partial charge in [-0.25, -0.2) is 0 Å². The summed E-state index contributed by atoms with van der Waals surface area (Å²) < 4.78 is 0. The van der Waals surface area contributed by atoms with Crippen LogP contribution in [0.4, 0.5) is 5.69 Å². The minimum Gasteiger partial charge on any atom is -0.378 e. The van der Waals surface area contributed by atoms with Crippen LogP contribution < -0.4 is 10.2 Å². The fourth-order valence-electron chi connectivity index (χ4n) is 3.73. The Morgan fingerprint density at radius 1 is 1.00 bits per heavy atom. The first-order valence-electron chi connectivity index (χ1n) is 10.2. The van der Waals surface area contributed by atoms with Gasteiger partial charge in [0.25, 0.3) is 5.91 Å². The molecule has 2 N–H and O–H groups in total. The smallest absolute Gasteiger partial charge is 0.261 e. The summed E-state index contributed by atoms with van der Waals surface area (Å²) in [7, 11) is 4.03. The molecule has 2 heterocycles. The molecular weight excluding hydrogens is 406 g/mol. The summed E-state index contributed by atoms with van der Waals surface area (Å²) in [6.45, 7) is 1.97. The van der Waals surface area contributed by atoms with Crippen LogP contribution in [-0.2, 0) is 0 Å². The zero-order valence-corrected chi connectivity index (χ0v) is 18.6. The number of H-pyrrole nitrogens is 1. The molecule has 5 nitrogen and oxygen atoms in total. The molecule has 1 amide bonds. The third-order valence-corrected chi connectivity index (χ3v) is 6.64. The normalized spacial score (nSPS) is 12.0. The first-order valence-corrected chi connectivity index (χ1v) is 11.0. The molecule has 4 aromatic rings. The first-order chi connectivity index (χ1) is 14.9. The Labute approximate surface area is 185 Å². The van der Waals surface area contributed by atoms with Crippen molar-refractivity contribution in [3.63, 3.8) is 0 Å². The van der Waals surface area contributed by atoms with Gasteiger partial charge >= 0.3 is 0 Å². The Morgan fingerprint density at radius 2 is 1.71 bits per heavy atom. The van der Waals surface area contributed by atoms with E-state index in [1.807, 2.05) is 32.4 Å². The summed E-state index contributed by atoms with van der Waals surface area (Å²) in [5.41, 5.74) is 4.47. The molecule has 2 aromatic carbocycles. The van der Waals surface area contributed by atoms with Crippen LogP contribution in [0.2, 0.25) is 0 Å². The average Bonchev–Trinajstić information content (AvgIpc) is 3.42. The number of anilines is 1. The highest BCUT2D eigenvalue weighted by molar-refractivity contribution is 7.15. The quantitative estimate of drug-likeness (QED) is 0.402. The minimum atomic E-state index is -0.160. The maximum absolute atomic E-state index is 12.8. The van der Waals surface area contributed by atoms with E-state index in [-0.39, 0.29) is 17.6 Å². The number of aromatic nitrogens is 1. The number of nitrogens with zero attached hydrogens (tertiary/aromatic N) is 1. The fraction of sp³-hybridized carbons (Fsp3) is 0.200. The van der Waals surface area contributed by atoms with Crippen molar-refractivity contribution in [2.24, 2.45) is 0 Å². The molecule has 158 valence electrons. The summed E-state index contributed by atoms with van der Waals surface area (Å²) in [5, 5.41) is 4.22. The highest BCUT2D eigenvalue weighted by atomic mass is 32.1. The molecule has 31 heavy (non-hydrogen) atoms. The first kappa shape index (κ1) is 20.9. The molecule has 6 heteroatoms. The SMILES string of the molecule is CC(=O)c1ccc(C(=O)NCC(c2ccc(N(C)C)cc2)c2c[nH]c3ccccc23)s1. The highest BCUT2D eigenvalue weighted by Gasteiger charge is 2.20. The van der Waals surface area contributed by atoms with Gasteiger partial charge in [0, 0.05) is 49.3 Å². The summed E-state index contributed by atoms with van der Waals surface area (Å²) in [6, 6.07) is 20.0. The summed E-state index contributed by atoms with van der Waals surface area (Å²) in [4.78, 5) is 30.9. The Kier molecular flexibility index (Phi) is 5.91. The maximum atomic E-state index is 12.8. The van der Waals surface area contributed by atoms with E-state index >= 15 is 0 Å². The van der Waals surface area contributed by atoms with E-state index in [1.54, 1.807) is 12.1 Å². The van der Waals surface area contributed by atoms with Gasteiger partial charge in [0.2, 0.25) is 0 Å². The largest absolute Gasteiger partial charge is 0.378 e. The molecule has 2 aromatic heterocycles. The number of ketones is 1. The van der Waals surface area contributed by atoms with Crippen molar-refractivity contribution in [3.8, 4) is 0 Å². The third kappa shape index (κ3) is 4.39. The van der Waals surface area contributed by atoms with Crippen LogP contribution in [0.3, 0.4) is 0 Å². The molecule has 0 saturated carbocycles. The van der Waals surface area contributed by atoms with E-state index in [4.69, 9.17) is 0 Å². The minimum absolute atomic E-state index is 0.0106. The molecular formula is C25H25N3O2S. The van der Waals surface area contributed by atoms with E-state index in [9.17, 15) is 9.59 Å². The van der Waals surface area contributed by atoms with Gasteiger partial charge in [-0.1, -0.05) is 30.3 Å². The van der Waals surface area contributed by atoms with Crippen LogP contribution in [-0.4, -0.2) is 37.3 Å². The van der Waals surface area contributed by atoms with Gasteiger partial charge in [-0.3, -0.25) is 9.59 Å². The number of nitrogens with one attached hydrogen (secondary N) is 2. The van der Waals surface area contributed by atoms with Crippen LogP contribution in [0, 0.1) is 0 Å². The predicted molar refractivity (Wildman–Crippen MR) is 128 cm³/mol. The van der Waals surface area contributed by atoms with Crippen molar-refractivity contribution in [1.29, 1.82) is 0 Å². The van der Waals surface area contributed by atoms with Gasteiger partial charge < -0.3 is 15.2 Å². The van der Waals surface area contributed by atoms with Crippen molar-refractivity contribution in [2.45, 2.75) is 12.8 Å². The molecule has 0 aliphatic heterocycles. The number of carbonyl (C=O) groups is 2. The van der Waals surface area contributed by atoms with Crippen LogP contribution in [0.1, 0.15) is 43.3 Å². The van der Waals surface area contributed by atoms with E-state index < -0.39 is 0 Å². The predicted octanol–water partition coefficient (Wildman–Crippen LogP) is 5.06. The lowest BCUT2D eigenvalue weighted by Crippen LogP contribution is -2.28. The number of hydrogen-bond acceptors (Lipinski definition) is 4. The Morgan fingerprint density at radius 3 is 2.39 bits per heavy atom. The van der Waals surface area contributed by atoms with E-state index in [0.717, 1.165) is 27.7 Å². The van der Waals surface area contributed by atoms with E-state index in [2.05, 4.69) is 51.6 Å². The lowest BCUT2D eigenvalue weighted by Gasteiger charge is -2.20. The van der Waals surface area contributed by atoms with Gasteiger partial charge in [-0.15, -0.1) is 11.3 Å². The number of amides is 1. The number of fused-ring (bicyclic) bond motifs is 1. The molecule has 0 spiro atoms. The van der Waals surface area contributed by atoms with Crippen molar-refractivity contribution < 1.29 is 9.59 Å². The molecule has 0 aliphatic carbocycles. The van der Waals surface area contributed by atoms with Crippen LogP contribution in [0.15, 0.2) is 66.9 Å². The number of Topliss-reactive ketones (excluding diaryl/α,β-unsaturated/α-hetero) is 1. The molecule has 0 fully saturated rings. The van der Waals surface area contributed by atoms with Gasteiger partial charge in [0.1, 0.15) is 0 Å². The molecule has 0 aliphatic rings. The summed E-state index contributed by atoms with van der Waals surface area (Å²) in [5.74, 6) is -0.197. The van der Waals surface area contributed by atoms with Crippen LogP contribution >= 0.6 is 11.3 Å². The topological polar surface area (TPSA) is 65.2 Å². The number of hydrogen-bond donors (Lipinski definition) is 2. The van der Waals surface area contributed by atoms with Gasteiger partial charge in [0.15, 0.2) is 5.78 Å². The van der Waals surface area contributed by atoms with Crippen molar-refractivity contribution in [3.05, 3.63) is 87.7 Å². The lowest BCUT2D eigenvalue weighted by atomic mass is 9.90. The Hall–Kier alpha value is -3.38. The second-order valence-corrected chi connectivity index (χ2v) is 8.84. The molecule has 1 unspecified atom stereocenters. The number of aromatic amines is 1. The molecule has 0 saturated heterocycles. The van der Waals surface area contributed by atoms with Gasteiger partial charge in [-0.05, 0) is 48.4 Å². The molecule has 0 radical (unpaired) electrons. The van der Waals surface area contributed by atoms with Crippen molar-refractivity contribution in [2.75, 3.05) is 25.5 Å². The standard InChI is InChI=1S/C25H25N3O2S/c1-16(29)23-12-13-24(31-23)25(30)27-14-20(17-8-10-18(11-9-17)28(2)3)21-15-26-22-7-5-4-6-19(21)22/h4-13,15,20,26H,14H2,1-3H3,(H,27,30). The fourth-order valence-corrected chi connectivity index (χ4v) is 4.54. The Balaban J connectivity index is 1.63. The van der Waals surface area contributed by atoms with Gasteiger partial charge in [0.05, 0.1) is 9.75 Å². The Bertz CT molecular complexity index is 1220. The molecule has 4 rings (SSSR count). The zero-order chi connectivity index (χ0) is 22.0. The van der Waals surface area contributed by atoms with E-state index in [1.165, 1.54) is 18.3 Å². The van der Waals surface area contributed by atoms with Gasteiger partial charge in [-0.2, -0.15) is 0 Å². The number of para-hydroxylation sites is 1. The summed E-state index contributed by atoms with van der Waals surface area (Å²) >= 11 is 1.23. The van der Waals surface area contributed by atoms with Crippen molar-refractivity contribution >= 4 is 39.6 Å². The third-order valence-electron chi connectivity index (χ3n) is 5.45. The monoisotopic (exact) mass is 431 g/mol. The molecule has 0 bridgehead atoms. The van der Waals surface area contributed by atoms with E-state index in [0.29, 0.717) is 16.3 Å². The van der Waals surface area contributed by atoms with Crippen LogP contribution in [0.25, 0.3) is 10.9 Å². The zero-order valence-electron chi connectivity index (χ0n) is 17.8. The number of benzene rings is 2. The second kappa shape index (κ2) is 8.78. The van der Waals surface area contributed by atoms with Crippen molar-refractivity contribution in [1.82, 2.24) is 10.3 Å². The number of thiophene rings is 1. The summed E-state index contributed by atoms with van der Waals surface area (Å²) in [6.07, 6.45) is 2.03. The second-order valence-electron chi connectivity index (χ2n) is 7.76. The average molecular weight is 432 g/mol. The van der Waals surface area contributed by atoms with Crippen LogP contribution in [0.5, 0.6) is 0 Å². The number of rotatable bonds is 7. The molecule has 1 atom stereocenters.